The minimum absolute atomic E-state index is 0.111. The molecule has 2 nitrogen and oxygen atoms in total. The van der Waals surface area contributed by atoms with E-state index in [1.54, 1.807) is 17.5 Å². The van der Waals surface area contributed by atoms with Crippen molar-refractivity contribution in [1.29, 1.82) is 0 Å². The van der Waals surface area contributed by atoms with Crippen LogP contribution in [0, 0.1) is 0 Å². The normalized spacial score (nSPS) is 10.3. The van der Waals surface area contributed by atoms with Crippen LogP contribution >= 0.6 is 11.3 Å². The van der Waals surface area contributed by atoms with E-state index in [0.717, 1.165) is 16.9 Å². The number of pyridine rings is 1. The fraction of sp³-hybridized carbons (Fsp3) is 0.231. The molecule has 0 aliphatic carbocycles. The standard InChI is InChI=1S/C13H13NOS/c1-2-10-5-3-7-14-13(10)12(15)9-11-6-4-8-16-11/h3-8H,2,9H2,1H3. The minimum Gasteiger partial charge on any atom is -0.292 e. The molecule has 0 amide bonds. The van der Waals surface area contributed by atoms with E-state index in [0.29, 0.717) is 12.1 Å². The molecule has 0 N–H and O–H groups in total. The van der Waals surface area contributed by atoms with E-state index in [9.17, 15) is 4.79 Å². The van der Waals surface area contributed by atoms with Crippen LogP contribution in [0.4, 0.5) is 0 Å². The third-order valence-corrected chi connectivity index (χ3v) is 3.33. The quantitative estimate of drug-likeness (QED) is 0.757. The Bertz CT molecular complexity index is 476. The first-order valence-electron chi connectivity index (χ1n) is 5.30. The van der Waals surface area contributed by atoms with Crippen molar-refractivity contribution in [2.75, 3.05) is 0 Å². The van der Waals surface area contributed by atoms with Crippen molar-refractivity contribution >= 4 is 17.1 Å². The van der Waals surface area contributed by atoms with Crippen LogP contribution in [0.5, 0.6) is 0 Å². The number of hydrogen-bond acceptors (Lipinski definition) is 3. The molecule has 0 spiro atoms. The average molecular weight is 231 g/mol. The van der Waals surface area contributed by atoms with Gasteiger partial charge in [0.25, 0.3) is 0 Å². The molecule has 0 atom stereocenters. The Hall–Kier alpha value is -1.48. The van der Waals surface area contributed by atoms with Crippen LogP contribution in [0.3, 0.4) is 0 Å². The van der Waals surface area contributed by atoms with Crippen molar-refractivity contribution in [3.63, 3.8) is 0 Å². The molecule has 0 aliphatic rings. The van der Waals surface area contributed by atoms with Crippen LogP contribution in [-0.4, -0.2) is 10.8 Å². The SMILES string of the molecule is CCc1cccnc1C(=O)Cc1cccs1. The Labute approximate surface area is 99.0 Å². The van der Waals surface area contributed by atoms with E-state index in [-0.39, 0.29) is 5.78 Å². The van der Waals surface area contributed by atoms with E-state index in [1.165, 1.54) is 0 Å². The van der Waals surface area contributed by atoms with E-state index < -0.39 is 0 Å². The van der Waals surface area contributed by atoms with Crippen LogP contribution < -0.4 is 0 Å². The van der Waals surface area contributed by atoms with Gasteiger partial charge in [-0.2, -0.15) is 0 Å². The van der Waals surface area contributed by atoms with Gasteiger partial charge in [-0.25, -0.2) is 0 Å². The maximum atomic E-state index is 12.0. The Morgan fingerprint density at radius 1 is 1.38 bits per heavy atom. The van der Waals surface area contributed by atoms with Gasteiger partial charge in [0.1, 0.15) is 5.69 Å². The van der Waals surface area contributed by atoms with E-state index in [1.807, 2.05) is 36.6 Å². The molecular weight excluding hydrogens is 218 g/mol. The largest absolute Gasteiger partial charge is 0.292 e. The zero-order valence-corrected chi connectivity index (χ0v) is 9.96. The highest BCUT2D eigenvalue weighted by atomic mass is 32.1. The second kappa shape index (κ2) is 5.03. The fourth-order valence-electron chi connectivity index (χ4n) is 1.63. The lowest BCUT2D eigenvalue weighted by Gasteiger charge is -2.04. The molecule has 2 aromatic heterocycles. The summed E-state index contributed by atoms with van der Waals surface area (Å²) in [4.78, 5) is 17.3. The lowest BCUT2D eigenvalue weighted by Crippen LogP contribution is -2.08. The van der Waals surface area contributed by atoms with Gasteiger partial charge in [0.05, 0.1) is 0 Å². The first kappa shape index (κ1) is 11.0. The molecule has 82 valence electrons. The number of thiophene rings is 1. The molecule has 0 unspecified atom stereocenters. The highest BCUT2D eigenvalue weighted by molar-refractivity contribution is 7.10. The topological polar surface area (TPSA) is 30.0 Å². The Balaban J connectivity index is 2.21. The van der Waals surface area contributed by atoms with Gasteiger partial charge >= 0.3 is 0 Å². The predicted octanol–water partition coefficient (Wildman–Crippen LogP) is 3.13. The molecule has 0 aliphatic heterocycles. The molecule has 0 saturated carbocycles. The smallest absolute Gasteiger partial charge is 0.186 e. The summed E-state index contributed by atoms with van der Waals surface area (Å²) in [6, 6.07) is 7.79. The molecule has 0 aromatic carbocycles. The zero-order valence-electron chi connectivity index (χ0n) is 9.14. The van der Waals surface area contributed by atoms with Crippen molar-refractivity contribution in [1.82, 2.24) is 4.98 Å². The monoisotopic (exact) mass is 231 g/mol. The predicted molar refractivity (Wildman–Crippen MR) is 66.0 cm³/mol. The Morgan fingerprint density at radius 3 is 2.94 bits per heavy atom. The van der Waals surface area contributed by atoms with Gasteiger partial charge in [-0.15, -0.1) is 11.3 Å². The molecule has 2 heterocycles. The van der Waals surface area contributed by atoms with Gasteiger partial charge in [0.2, 0.25) is 0 Å². The van der Waals surface area contributed by atoms with Crippen LogP contribution in [0.2, 0.25) is 0 Å². The number of Topliss-reactive ketones (excluding diaryl/α,β-unsaturated/α-hetero) is 1. The summed E-state index contributed by atoms with van der Waals surface area (Å²) in [6.45, 7) is 2.04. The van der Waals surface area contributed by atoms with Gasteiger partial charge in [0.15, 0.2) is 5.78 Å². The van der Waals surface area contributed by atoms with Crippen molar-refractivity contribution in [2.45, 2.75) is 19.8 Å². The number of rotatable bonds is 4. The highest BCUT2D eigenvalue weighted by Gasteiger charge is 2.12. The number of carbonyl (C=O) groups is 1. The minimum atomic E-state index is 0.111. The third-order valence-electron chi connectivity index (χ3n) is 2.45. The van der Waals surface area contributed by atoms with E-state index >= 15 is 0 Å². The lowest BCUT2D eigenvalue weighted by molar-refractivity contribution is 0.0988. The number of hydrogen-bond donors (Lipinski definition) is 0. The van der Waals surface area contributed by atoms with Gasteiger partial charge in [-0.1, -0.05) is 19.1 Å². The number of ketones is 1. The Morgan fingerprint density at radius 2 is 2.25 bits per heavy atom. The second-order valence-corrected chi connectivity index (χ2v) is 4.58. The van der Waals surface area contributed by atoms with Crippen molar-refractivity contribution in [3.05, 3.63) is 52.0 Å². The molecule has 0 radical (unpaired) electrons. The summed E-state index contributed by atoms with van der Waals surface area (Å²) in [6.07, 6.45) is 2.99. The van der Waals surface area contributed by atoms with E-state index in [4.69, 9.17) is 0 Å². The van der Waals surface area contributed by atoms with Gasteiger partial charge in [-0.05, 0) is 29.5 Å². The van der Waals surface area contributed by atoms with Gasteiger partial charge in [-0.3, -0.25) is 9.78 Å². The van der Waals surface area contributed by atoms with Crippen molar-refractivity contribution < 1.29 is 4.79 Å². The molecule has 0 fully saturated rings. The van der Waals surface area contributed by atoms with Gasteiger partial charge in [0, 0.05) is 17.5 Å². The van der Waals surface area contributed by atoms with Crippen LogP contribution in [0.15, 0.2) is 35.8 Å². The summed E-state index contributed by atoms with van der Waals surface area (Å²) in [7, 11) is 0. The fourth-order valence-corrected chi connectivity index (χ4v) is 2.33. The maximum Gasteiger partial charge on any atom is 0.186 e. The molecule has 3 heteroatoms. The molecular formula is C13H13NOS. The highest BCUT2D eigenvalue weighted by Crippen LogP contribution is 2.14. The first-order chi connectivity index (χ1) is 7.81. The number of carbonyl (C=O) groups excluding carboxylic acids is 1. The van der Waals surface area contributed by atoms with Crippen LogP contribution in [0.1, 0.15) is 27.9 Å². The lowest BCUT2D eigenvalue weighted by atomic mass is 10.1. The maximum absolute atomic E-state index is 12.0. The molecule has 2 rings (SSSR count). The van der Waals surface area contributed by atoms with Gasteiger partial charge < -0.3 is 0 Å². The summed E-state index contributed by atoms with van der Waals surface area (Å²) < 4.78 is 0. The summed E-state index contributed by atoms with van der Waals surface area (Å²) in [5.74, 6) is 0.111. The Kier molecular flexibility index (Phi) is 3.47. The van der Waals surface area contributed by atoms with Crippen LogP contribution in [0.25, 0.3) is 0 Å². The molecule has 2 aromatic rings. The average Bonchev–Trinajstić information content (AvgIpc) is 2.81. The molecule has 0 saturated heterocycles. The second-order valence-electron chi connectivity index (χ2n) is 3.54. The number of nitrogens with zero attached hydrogens (tertiary/aromatic N) is 1. The summed E-state index contributed by atoms with van der Waals surface area (Å²) in [5, 5.41) is 1.99. The number of aryl methyl sites for hydroxylation is 1. The first-order valence-corrected chi connectivity index (χ1v) is 6.18. The molecule has 16 heavy (non-hydrogen) atoms. The van der Waals surface area contributed by atoms with Crippen molar-refractivity contribution in [2.24, 2.45) is 0 Å². The van der Waals surface area contributed by atoms with E-state index in [2.05, 4.69) is 4.98 Å². The zero-order chi connectivity index (χ0) is 11.4. The van der Waals surface area contributed by atoms with Crippen molar-refractivity contribution in [3.8, 4) is 0 Å². The number of aromatic nitrogens is 1. The third kappa shape index (κ3) is 2.36. The molecule has 0 bridgehead atoms. The summed E-state index contributed by atoms with van der Waals surface area (Å²) >= 11 is 1.61. The summed E-state index contributed by atoms with van der Waals surface area (Å²) in [5.41, 5.74) is 1.66. The van der Waals surface area contributed by atoms with Crippen LogP contribution in [-0.2, 0) is 12.8 Å².